The summed E-state index contributed by atoms with van der Waals surface area (Å²) in [6, 6.07) is 0. The first kappa shape index (κ1) is 16.7. The van der Waals surface area contributed by atoms with Gasteiger partial charge >= 0.3 is 5.97 Å². The third kappa shape index (κ3) is 3.77. The Balaban J connectivity index is 2.12. The predicted molar refractivity (Wildman–Crippen MR) is 84.6 cm³/mol. The molecule has 0 amide bonds. The molecule has 1 aliphatic rings. The molecule has 0 spiro atoms. The van der Waals surface area contributed by atoms with E-state index in [1.807, 2.05) is 13.8 Å². The van der Waals surface area contributed by atoms with E-state index in [4.69, 9.17) is 4.74 Å². The summed E-state index contributed by atoms with van der Waals surface area (Å²) in [5.41, 5.74) is 2.51. The topological polar surface area (TPSA) is 63.6 Å². The molecule has 0 unspecified atom stereocenters. The van der Waals surface area contributed by atoms with E-state index in [2.05, 4.69) is 4.98 Å². The Labute approximate surface area is 132 Å². The zero-order valence-corrected chi connectivity index (χ0v) is 13.9. The smallest absolute Gasteiger partial charge is 0.340 e. The molecule has 0 bridgehead atoms. The number of aromatic amines is 1. The highest BCUT2D eigenvalue weighted by Gasteiger charge is 2.25. The Hall–Kier alpha value is -1.62. The molecule has 0 aliphatic carbocycles. The van der Waals surface area contributed by atoms with E-state index in [1.54, 1.807) is 6.92 Å². The second kappa shape index (κ2) is 7.58. The maximum Gasteiger partial charge on any atom is 0.340 e. The van der Waals surface area contributed by atoms with Gasteiger partial charge in [-0.1, -0.05) is 0 Å². The van der Waals surface area contributed by atoms with Crippen LogP contribution in [0.2, 0.25) is 0 Å². The minimum absolute atomic E-state index is 0.0908. The summed E-state index contributed by atoms with van der Waals surface area (Å²) in [5.74, 6) is -0.261. The van der Waals surface area contributed by atoms with E-state index in [0.717, 1.165) is 18.7 Å². The molecule has 0 atom stereocenters. The van der Waals surface area contributed by atoms with Crippen LogP contribution in [0.3, 0.4) is 0 Å². The van der Waals surface area contributed by atoms with Crippen LogP contribution in [0.25, 0.3) is 0 Å². The number of nitrogens with one attached hydrogen (secondary N) is 2. The van der Waals surface area contributed by atoms with Crippen molar-refractivity contribution in [3.05, 3.63) is 22.5 Å². The van der Waals surface area contributed by atoms with Crippen LogP contribution >= 0.6 is 0 Å². The van der Waals surface area contributed by atoms with Crippen LogP contribution in [0.15, 0.2) is 0 Å². The first-order valence-corrected chi connectivity index (χ1v) is 8.27. The van der Waals surface area contributed by atoms with Gasteiger partial charge in [-0.25, -0.2) is 4.79 Å². The molecule has 2 rings (SSSR count). The number of carbonyl (C=O) groups excluding carboxylic acids is 2. The van der Waals surface area contributed by atoms with Crippen molar-refractivity contribution in [1.29, 1.82) is 0 Å². The molecular formula is C17H27N2O3+. The fourth-order valence-electron chi connectivity index (χ4n) is 3.26. The zero-order chi connectivity index (χ0) is 16.1. The number of Topliss-reactive ketones (excluding diaryl/α,β-unsaturated/α-hetero) is 1. The van der Waals surface area contributed by atoms with Crippen LogP contribution in [0.5, 0.6) is 0 Å². The summed E-state index contributed by atoms with van der Waals surface area (Å²) in [6.07, 6.45) is 4.93. The van der Waals surface area contributed by atoms with Crippen molar-refractivity contribution in [3.63, 3.8) is 0 Å². The number of carbonyl (C=O) groups is 2. The molecule has 0 aromatic carbocycles. The first-order valence-electron chi connectivity index (χ1n) is 8.27. The number of aromatic nitrogens is 1. The highest BCUT2D eigenvalue weighted by atomic mass is 16.5. The van der Waals surface area contributed by atoms with Crippen molar-refractivity contribution in [2.45, 2.75) is 46.5 Å². The van der Waals surface area contributed by atoms with Crippen molar-refractivity contribution in [3.8, 4) is 0 Å². The molecular weight excluding hydrogens is 280 g/mol. The van der Waals surface area contributed by atoms with E-state index in [-0.39, 0.29) is 11.8 Å². The number of H-pyrrole nitrogens is 1. The molecule has 1 fully saturated rings. The van der Waals surface area contributed by atoms with Crippen molar-refractivity contribution in [2.75, 3.05) is 26.2 Å². The summed E-state index contributed by atoms with van der Waals surface area (Å²) < 4.78 is 5.07. The predicted octanol–water partition coefficient (Wildman–Crippen LogP) is 1.45. The lowest BCUT2D eigenvalue weighted by atomic mass is 10.1. The number of quaternary nitrogens is 1. The van der Waals surface area contributed by atoms with Crippen molar-refractivity contribution < 1.29 is 19.2 Å². The lowest BCUT2D eigenvalue weighted by molar-refractivity contribution is -0.890. The molecule has 0 saturated carbocycles. The second-order valence-corrected chi connectivity index (χ2v) is 6.11. The number of ether oxygens (including phenoxy) is 1. The SMILES string of the molecule is CCOC(=O)c1c(C)[nH]c(C(=O)C[NH+]2CCCCCC2)c1C. The maximum atomic E-state index is 12.6. The van der Waals surface area contributed by atoms with Gasteiger partial charge in [-0.3, -0.25) is 4.79 Å². The van der Waals surface area contributed by atoms with Gasteiger partial charge in [-0.15, -0.1) is 0 Å². The summed E-state index contributed by atoms with van der Waals surface area (Å²) in [4.78, 5) is 29.0. The molecule has 122 valence electrons. The van der Waals surface area contributed by atoms with Crippen LogP contribution in [0.4, 0.5) is 0 Å². The van der Waals surface area contributed by atoms with E-state index in [0.29, 0.717) is 30.1 Å². The third-order valence-corrected chi connectivity index (χ3v) is 4.42. The van der Waals surface area contributed by atoms with Crippen molar-refractivity contribution >= 4 is 11.8 Å². The molecule has 5 heteroatoms. The quantitative estimate of drug-likeness (QED) is 0.639. The molecule has 1 aromatic heterocycles. The molecule has 22 heavy (non-hydrogen) atoms. The number of hydrogen-bond donors (Lipinski definition) is 2. The van der Waals surface area contributed by atoms with Crippen molar-refractivity contribution in [1.82, 2.24) is 4.98 Å². The van der Waals surface area contributed by atoms with Crippen LogP contribution in [-0.2, 0) is 4.74 Å². The molecule has 0 radical (unpaired) electrons. The standard InChI is InChI=1S/C17H26N2O3/c1-4-22-17(21)15-12(2)16(18-13(15)3)14(20)11-19-9-7-5-6-8-10-19/h18H,4-11H2,1-3H3/p+1. The number of hydrogen-bond acceptors (Lipinski definition) is 3. The van der Waals surface area contributed by atoms with Gasteiger partial charge in [-0.05, 0) is 52.0 Å². The number of aryl methyl sites for hydroxylation is 1. The summed E-state index contributed by atoms with van der Waals surface area (Å²) >= 11 is 0. The monoisotopic (exact) mass is 307 g/mol. The van der Waals surface area contributed by atoms with E-state index < -0.39 is 0 Å². The van der Waals surface area contributed by atoms with Crippen LogP contribution in [-0.4, -0.2) is 43.0 Å². The lowest BCUT2D eigenvalue weighted by Crippen LogP contribution is -3.12. The number of ketones is 1. The Morgan fingerprint density at radius 1 is 1.14 bits per heavy atom. The molecule has 1 aromatic rings. The van der Waals surface area contributed by atoms with E-state index >= 15 is 0 Å². The largest absolute Gasteiger partial charge is 0.462 e. The number of rotatable bonds is 5. The molecule has 1 aliphatic heterocycles. The van der Waals surface area contributed by atoms with E-state index in [9.17, 15) is 9.59 Å². The Kier molecular flexibility index (Phi) is 5.77. The summed E-state index contributed by atoms with van der Waals surface area (Å²) in [7, 11) is 0. The molecule has 5 nitrogen and oxygen atoms in total. The highest BCUT2D eigenvalue weighted by molar-refractivity contribution is 6.01. The summed E-state index contributed by atoms with van der Waals surface area (Å²) in [6.45, 7) is 8.39. The zero-order valence-electron chi connectivity index (χ0n) is 13.9. The lowest BCUT2D eigenvalue weighted by Gasteiger charge is -2.15. The van der Waals surface area contributed by atoms with Crippen molar-refractivity contribution in [2.24, 2.45) is 0 Å². The minimum atomic E-state index is -0.352. The molecule has 2 N–H and O–H groups in total. The normalized spacial score (nSPS) is 16.3. The Morgan fingerprint density at radius 3 is 2.36 bits per heavy atom. The summed E-state index contributed by atoms with van der Waals surface area (Å²) in [5, 5.41) is 0. The van der Waals surface area contributed by atoms with Gasteiger partial charge in [0.1, 0.15) is 6.54 Å². The fourth-order valence-corrected chi connectivity index (χ4v) is 3.26. The van der Waals surface area contributed by atoms with Gasteiger partial charge in [0.05, 0.1) is 31.0 Å². The van der Waals surface area contributed by atoms with Gasteiger partial charge in [-0.2, -0.15) is 0 Å². The van der Waals surface area contributed by atoms with Gasteiger partial charge in [0, 0.05) is 5.69 Å². The number of esters is 1. The third-order valence-electron chi connectivity index (χ3n) is 4.42. The second-order valence-electron chi connectivity index (χ2n) is 6.11. The average molecular weight is 307 g/mol. The van der Waals surface area contributed by atoms with Gasteiger partial charge < -0.3 is 14.6 Å². The maximum absolute atomic E-state index is 12.6. The minimum Gasteiger partial charge on any atom is -0.462 e. The Morgan fingerprint density at radius 2 is 1.77 bits per heavy atom. The fraction of sp³-hybridized carbons (Fsp3) is 0.647. The molecule has 1 saturated heterocycles. The van der Waals surface area contributed by atoms with Crippen LogP contribution in [0, 0.1) is 13.8 Å². The van der Waals surface area contributed by atoms with Gasteiger partial charge in [0.2, 0.25) is 5.78 Å². The van der Waals surface area contributed by atoms with Gasteiger partial charge in [0.25, 0.3) is 0 Å². The van der Waals surface area contributed by atoms with Gasteiger partial charge in [0.15, 0.2) is 0 Å². The first-order chi connectivity index (χ1) is 10.5. The highest BCUT2D eigenvalue weighted by Crippen LogP contribution is 2.19. The molecule has 2 heterocycles. The Bertz CT molecular complexity index is 540. The van der Waals surface area contributed by atoms with Crippen LogP contribution < -0.4 is 4.90 Å². The van der Waals surface area contributed by atoms with E-state index in [1.165, 1.54) is 30.6 Å². The van der Waals surface area contributed by atoms with Crippen LogP contribution in [0.1, 0.15) is 64.7 Å². The number of likely N-dealkylation sites (tertiary alicyclic amines) is 1. The average Bonchev–Trinajstić information content (AvgIpc) is 2.65.